The van der Waals surface area contributed by atoms with E-state index >= 15 is 0 Å². The summed E-state index contributed by atoms with van der Waals surface area (Å²) in [5.41, 5.74) is 1.78. The number of anilines is 2. The fourth-order valence-corrected chi connectivity index (χ4v) is 2.03. The fraction of sp³-hybridized carbons (Fsp3) is 0.231. The molecule has 0 atom stereocenters. The van der Waals surface area contributed by atoms with Gasteiger partial charge in [-0.3, -0.25) is 4.79 Å². The molecule has 1 amide bonds. The second-order valence-corrected chi connectivity index (χ2v) is 4.74. The summed E-state index contributed by atoms with van der Waals surface area (Å²) in [4.78, 5) is 15.5. The van der Waals surface area contributed by atoms with Crippen LogP contribution in [0, 0.1) is 0 Å². The van der Waals surface area contributed by atoms with Gasteiger partial charge in [-0.25, -0.2) is 4.98 Å². The standard InChI is InChI=1S/C13H15N3OS/c1-2-12(17)16-11-5-3-4-10(8-11)15-9-13-14-6-7-18-13/h3-8,15H,2,9H2,1H3,(H,16,17). The number of amides is 1. The van der Waals surface area contributed by atoms with Gasteiger partial charge < -0.3 is 10.6 Å². The van der Waals surface area contributed by atoms with Gasteiger partial charge in [-0.1, -0.05) is 13.0 Å². The number of benzene rings is 1. The normalized spacial score (nSPS) is 10.1. The smallest absolute Gasteiger partial charge is 0.224 e. The quantitative estimate of drug-likeness (QED) is 0.869. The van der Waals surface area contributed by atoms with Gasteiger partial charge in [0, 0.05) is 29.4 Å². The van der Waals surface area contributed by atoms with Gasteiger partial charge in [0.25, 0.3) is 0 Å². The maximum Gasteiger partial charge on any atom is 0.224 e. The molecule has 0 aliphatic heterocycles. The van der Waals surface area contributed by atoms with Gasteiger partial charge >= 0.3 is 0 Å². The lowest BCUT2D eigenvalue weighted by Gasteiger charge is -2.08. The number of carbonyl (C=O) groups is 1. The van der Waals surface area contributed by atoms with Crippen LogP contribution in [0.4, 0.5) is 11.4 Å². The molecule has 1 aromatic carbocycles. The van der Waals surface area contributed by atoms with Crippen molar-refractivity contribution >= 4 is 28.6 Å². The lowest BCUT2D eigenvalue weighted by atomic mass is 10.2. The average molecular weight is 261 g/mol. The topological polar surface area (TPSA) is 54.0 Å². The molecule has 0 radical (unpaired) electrons. The van der Waals surface area contributed by atoms with Gasteiger partial charge in [0.2, 0.25) is 5.91 Å². The number of hydrogen-bond donors (Lipinski definition) is 2. The second kappa shape index (κ2) is 6.16. The van der Waals surface area contributed by atoms with E-state index < -0.39 is 0 Å². The molecule has 2 aromatic rings. The highest BCUT2D eigenvalue weighted by Crippen LogP contribution is 2.16. The molecule has 0 aliphatic carbocycles. The van der Waals surface area contributed by atoms with Crippen LogP contribution in [0.15, 0.2) is 35.8 Å². The highest BCUT2D eigenvalue weighted by molar-refractivity contribution is 7.09. The Morgan fingerprint density at radius 3 is 2.94 bits per heavy atom. The van der Waals surface area contributed by atoms with E-state index in [1.165, 1.54) is 0 Å². The van der Waals surface area contributed by atoms with Gasteiger partial charge in [-0.15, -0.1) is 11.3 Å². The number of hydrogen-bond acceptors (Lipinski definition) is 4. The third kappa shape index (κ3) is 3.56. The molecule has 2 N–H and O–H groups in total. The minimum absolute atomic E-state index is 0.0204. The van der Waals surface area contributed by atoms with Crippen LogP contribution in [0.25, 0.3) is 0 Å². The third-order valence-corrected chi connectivity index (χ3v) is 3.17. The molecular formula is C13H15N3OS. The Morgan fingerprint density at radius 1 is 1.39 bits per heavy atom. The molecule has 0 saturated carbocycles. The van der Waals surface area contributed by atoms with Crippen LogP contribution < -0.4 is 10.6 Å². The molecule has 4 nitrogen and oxygen atoms in total. The molecular weight excluding hydrogens is 246 g/mol. The molecule has 5 heteroatoms. The number of rotatable bonds is 5. The van der Waals surface area contributed by atoms with E-state index in [1.807, 2.05) is 36.6 Å². The van der Waals surface area contributed by atoms with Crippen molar-refractivity contribution in [1.82, 2.24) is 4.98 Å². The Morgan fingerprint density at radius 2 is 2.22 bits per heavy atom. The Bertz CT molecular complexity index is 511. The summed E-state index contributed by atoms with van der Waals surface area (Å²) >= 11 is 1.62. The van der Waals surface area contributed by atoms with Gasteiger partial charge in [0.1, 0.15) is 5.01 Å². The number of aromatic nitrogens is 1. The molecule has 0 spiro atoms. The molecule has 0 aliphatic rings. The van der Waals surface area contributed by atoms with E-state index in [1.54, 1.807) is 17.5 Å². The van der Waals surface area contributed by atoms with Crippen LogP contribution in [0.3, 0.4) is 0 Å². The van der Waals surface area contributed by atoms with Crippen LogP contribution in [0.2, 0.25) is 0 Å². The summed E-state index contributed by atoms with van der Waals surface area (Å²) in [6.45, 7) is 2.53. The van der Waals surface area contributed by atoms with E-state index in [2.05, 4.69) is 15.6 Å². The highest BCUT2D eigenvalue weighted by atomic mass is 32.1. The zero-order valence-corrected chi connectivity index (χ0v) is 11.0. The maximum absolute atomic E-state index is 11.3. The first-order chi connectivity index (χ1) is 8.78. The zero-order chi connectivity index (χ0) is 12.8. The summed E-state index contributed by atoms with van der Waals surface area (Å²) in [6, 6.07) is 7.67. The lowest BCUT2D eigenvalue weighted by Crippen LogP contribution is -2.09. The van der Waals surface area contributed by atoms with E-state index in [0.717, 1.165) is 16.4 Å². The maximum atomic E-state index is 11.3. The summed E-state index contributed by atoms with van der Waals surface area (Å²) in [5.74, 6) is 0.0204. The molecule has 18 heavy (non-hydrogen) atoms. The van der Waals surface area contributed by atoms with Crippen molar-refractivity contribution in [3.8, 4) is 0 Å². The first-order valence-corrected chi connectivity index (χ1v) is 6.68. The van der Waals surface area contributed by atoms with E-state index in [9.17, 15) is 4.79 Å². The number of thiazole rings is 1. The summed E-state index contributed by atoms with van der Waals surface area (Å²) in [7, 11) is 0. The zero-order valence-electron chi connectivity index (χ0n) is 10.1. The van der Waals surface area contributed by atoms with Crippen molar-refractivity contribution < 1.29 is 4.79 Å². The van der Waals surface area contributed by atoms with Gasteiger partial charge in [0.15, 0.2) is 0 Å². The average Bonchev–Trinajstić information content (AvgIpc) is 2.90. The van der Waals surface area contributed by atoms with Crippen LogP contribution in [-0.4, -0.2) is 10.9 Å². The monoisotopic (exact) mass is 261 g/mol. The van der Waals surface area contributed by atoms with Crippen LogP contribution in [0.5, 0.6) is 0 Å². The predicted molar refractivity (Wildman–Crippen MR) is 74.8 cm³/mol. The fourth-order valence-electron chi connectivity index (χ4n) is 1.47. The Labute approximate surface area is 110 Å². The Hall–Kier alpha value is -1.88. The summed E-state index contributed by atoms with van der Waals surface area (Å²) in [6.07, 6.45) is 2.27. The molecule has 1 aromatic heterocycles. The first-order valence-electron chi connectivity index (χ1n) is 5.80. The largest absolute Gasteiger partial charge is 0.378 e. The molecule has 0 unspecified atom stereocenters. The minimum Gasteiger partial charge on any atom is -0.378 e. The SMILES string of the molecule is CCC(=O)Nc1cccc(NCc2nccs2)c1. The summed E-state index contributed by atoms with van der Waals surface area (Å²) < 4.78 is 0. The van der Waals surface area contributed by atoms with Crippen molar-refractivity contribution in [1.29, 1.82) is 0 Å². The van der Waals surface area contributed by atoms with Crippen molar-refractivity contribution in [3.05, 3.63) is 40.8 Å². The number of nitrogens with zero attached hydrogens (tertiary/aromatic N) is 1. The van der Waals surface area contributed by atoms with E-state index in [0.29, 0.717) is 13.0 Å². The van der Waals surface area contributed by atoms with Gasteiger partial charge in [-0.2, -0.15) is 0 Å². The van der Waals surface area contributed by atoms with Crippen LogP contribution in [-0.2, 0) is 11.3 Å². The number of carbonyl (C=O) groups excluding carboxylic acids is 1. The van der Waals surface area contributed by atoms with Crippen LogP contribution in [0.1, 0.15) is 18.4 Å². The van der Waals surface area contributed by atoms with E-state index in [4.69, 9.17) is 0 Å². The molecule has 0 fully saturated rings. The lowest BCUT2D eigenvalue weighted by molar-refractivity contribution is -0.115. The predicted octanol–water partition coefficient (Wildman–Crippen LogP) is 3.10. The minimum atomic E-state index is 0.0204. The van der Waals surface area contributed by atoms with Crippen molar-refractivity contribution in [3.63, 3.8) is 0 Å². The third-order valence-electron chi connectivity index (χ3n) is 2.39. The molecule has 0 saturated heterocycles. The second-order valence-electron chi connectivity index (χ2n) is 3.76. The van der Waals surface area contributed by atoms with Crippen molar-refractivity contribution in [2.24, 2.45) is 0 Å². The molecule has 2 rings (SSSR count). The number of nitrogens with one attached hydrogen (secondary N) is 2. The highest BCUT2D eigenvalue weighted by Gasteiger charge is 2.00. The van der Waals surface area contributed by atoms with Crippen LogP contribution >= 0.6 is 11.3 Å². The van der Waals surface area contributed by atoms with Gasteiger partial charge in [-0.05, 0) is 18.2 Å². The molecule has 1 heterocycles. The van der Waals surface area contributed by atoms with Gasteiger partial charge in [0.05, 0.1) is 6.54 Å². The van der Waals surface area contributed by atoms with Crippen molar-refractivity contribution in [2.75, 3.05) is 10.6 Å². The first kappa shape index (κ1) is 12.6. The Balaban J connectivity index is 1.96. The molecule has 94 valence electrons. The summed E-state index contributed by atoms with van der Waals surface area (Å²) in [5, 5.41) is 9.10. The Kier molecular flexibility index (Phi) is 4.30. The van der Waals surface area contributed by atoms with E-state index in [-0.39, 0.29) is 5.91 Å². The van der Waals surface area contributed by atoms with Crippen molar-refractivity contribution in [2.45, 2.75) is 19.9 Å². The molecule has 0 bridgehead atoms.